The number of nitrogens with zero attached hydrogens (tertiary/aromatic N) is 1. The molecule has 0 N–H and O–H groups in total. The van der Waals surface area contributed by atoms with Crippen LogP contribution in [0.4, 0.5) is 8.78 Å². The van der Waals surface area contributed by atoms with E-state index < -0.39 is 5.92 Å². The molecule has 0 aromatic heterocycles. The molecule has 1 aliphatic heterocycles. The molecule has 0 bridgehead atoms. The van der Waals surface area contributed by atoms with Gasteiger partial charge in [-0.1, -0.05) is 0 Å². The zero-order valence-corrected chi connectivity index (χ0v) is 9.30. The number of benzene rings is 1. The van der Waals surface area contributed by atoms with E-state index in [-0.39, 0.29) is 17.5 Å². The largest absolute Gasteiger partial charge is 0.486 e. The van der Waals surface area contributed by atoms with Crippen LogP contribution in [0.3, 0.4) is 0 Å². The number of ether oxygens (including phenoxy) is 2. The predicted molar refractivity (Wildman–Crippen MR) is 56.3 cm³/mol. The molecule has 90 valence electrons. The third-order valence-corrected chi connectivity index (χ3v) is 2.51. The average molecular weight is 239 g/mol. The molecule has 0 atom stereocenters. The molecule has 0 unspecified atom stereocenters. The van der Waals surface area contributed by atoms with Crippen molar-refractivity contribution in [1.29, 1.82) is 5.26 Å². The van der Waals surface area contributed by atoms with Crippen molar-refractivity contribution in [2.24, 2.45) is 0 Å². The first-order chi connectivity index (χ1) is 8.02. The Bertz CT molecular complexity index is 475. The van der Waals surface area contributed by atoms with E-state index in [1.54, 1.807) is 0 Å². The molecule has 5 heteroatoms. The van der Waals surface area contributed by atoms with Crippen LogP contribution < -0.4 is 9.47 Å². The van der Waals surface area contributed by atoms with Crippen LogP contribution in [0.25, 0.3) is 0 Å². The van der Waals surface area contributed by atoms with E-state index >= 15 is 0 Å². The number of hydrogen-bond acceptors (Lipinski definition) is 3. The van der Waals surface area contributed by atoms with Gasteiger partial charge in [-0.05, 0) is 17.7 Å². The minimum absolute atomic E-state index is 0.0740. The van der Waals surface area contributed by atoms with Gasteiger partial charge in [-0.25, -0.2) is 8.78 Å². The minimum atomic E-state index is -3.00. The minimum Gasteiger partial charge on any atom is -0.486 e. The van der Waals surface area contributed by atoms with Crippen LogP contribution in [0, 0.1) is 11.3 Å². The number of hydrogen-bond donors (Lipinski definition) is 0. The second kappa shape index (κ2) is 4.21. The lowest BCUT2D eigenvalue weighted by molar-refractivity contribution is 0.0161. The highest BCUT2D eigenvalue weighted by Crippen LogP contribution is 2.39. The summed E-state index contributed by atoms with van der Waals surface area (Å²) in [6.07, 6.45) is -0.0740. The summed E-state index contributed by atoms with van der Waals surface area (Å²) in [6.45, 7) is 1.54. The predicted octanol–water partition coefficient (Wildman–Crippen LogP) is 2.64. The molecule has 0 saturated carbocycles. The summed E-state index contributed by atoms with van der Waals surface area (Å²) in [6, 6.07) is 4.60. The van der Waals surface area contributed by atoms with Crippen molar-refractivity contribution in [3.05, 3.63) is 23.3 Å². The molecular weight excluding hydrogens is 228 g/mol. The summed E-state index contributed by atoms with van der Waals surface area (Å²) in [5.74, 6) is -2.26. The molecule has 0 aliphatic carbocycles. The van der Waals surface area contributed by atoms with E-state index in [0.29, 0.717) is 24.7 Å². The molecule has 0 amide bonds. The van der Waals surface area contributed by atoms with Gasteiger partial charge in [-0.15, -0.1) is 0 Å². The summed E-state index contributed by atoms with van der Waals surface area (Å²) in [7, 11) is 0. The fraction of sp³-hybridized carbons (Fsp3) is 0.417. The van der Waals surface area contributed by atoms with Crippen LogP contribution in [0.1, 0.15) is 18.1 Å². The van der Waals surface area contributed by atoms with Gasteiger partial charge in [0.25, 0.3) is 5.92 Å². The Hall–Kier alpha value is -1.83. The van der Waals surface area contributed by atoms with Crippen LogP contribution in [-0.2, 0) is 12.3 Å². The SMILES string of the molecule is CC(F)(F)c1cc2c(cc1CC#N)OCCO2. The van der Waals surface area contributed by atoms with Crippen molar-refractivity contribution in [3.63, 3.8) is 0 Å². The smallest absolute Gasteiger partial charge is 0.270 e. The lowest BCUT2D eigenvalue weighted by Gasteiger charge is -2.22. The third kappa shape index (κ3) is 2.31. The highest BCUT2D eigenvalue weighted by Gasteiger charge is 2.30. The van der Waals surface area contributed by atoms with Gasteiger partial charge in [0, 0.05) is 12.5 Å². The van der Waals surface area contributed by atoms with Crippen LogP contribution >= 0.6 is 0 Å². The maximum absolute atomic E-state index is 13.4. The Balaban J connectivity index is 2.53. The first kappa shape index (κ1) is 11.6. The van der Waals surface area contributed by atoms with Crippen molar-refractivity contribution < 1.29 is 18.3 Å². The Labute approximate surface area is 97.6 Å². The van der Waals surface area contributed by atoms with E-state index in [2.05, 4.69) is 0 Å². The van der Waals surface area contributed by atoms with Crippen molar-refractivity contribution in [2.45, 2.75) is 19.3 Å². The third-order valence-electron chi connectivity index (χ3n) is 2.51. The van der Waals surface area contributed by atoms with Gasteiger partial charge in [-0.2, -0.15) is 5.26 Å². The highest BCUT2D eigenvalue weighted by atomic mass is 19.3. The molecule has 0 radical (unpaired) electrons. The maximum atomic E-state index is 13.4. The quantitative estimate of drug-likeness (QED) is 0.796. The second-order valence-electron chi connectivity index (χ2n) is 3.88. The lowest BCUT2D eigenvalue weighted by atomic mass is 9.99. The summed E-state index contributed by atoms with van der Waals surface area (Å²) in [5, 5.41) is 8.65. The van der Waals surface area contributed by atoms with E-state index in [0.717, 1.165) is 6.92 Å². The highest BCUT2D eigenvalue weighted by molar-refractivity contribution is 5.50. The van der Waals surface area contributed by atoms with Crippen molar-refractivity contribution >= 4 is 0 Å². The second-order valence-corrected chi connectivity index (χ2v) is 3.88. The van der Waals surface area contributed by atoms with Gasteiger partial charge >= 0.3 is 0 Å². The number of fused-ring (bicyclic) bond motifs is 1. The van der Waals surface area contributed by atoms with Gasteiger partial charge in [0.1, 0.15) is 13.2 Å². The molecule has 0 spiro atoms. The summed E-state index contributed by atoms with van der Waals surface area (Å²) in [4.78, 5) is 0. The summed E-state index contributed by atoms with van der Waals surface area (Å²) >= 11 is 0. The molecule has 2 rings (SSSR count). The number of rotatable bonds is 2. The topological polar surface area (TPSA) is 42.2 Å². The first-order valence-corrected chi connectivity index (χ1v) is 5.20. The Morgan fingerprint density at radius 3 is 2.41 bits per heavy atom. The molecule has 17 heavy (non-hydrogen) atoms. The molecule has 0 fully saturated rings. The van der Waals surface area contributed by atoms with Crippen LogP contribution in [-0.4, -0.2) is 13.2 Å². The molecule has 1 aliphatic rings. The Kier molecular flexibility index (Phi) is 2.88. The van der Waals surface area contributed by atoms with Crippen molar-refractivity contribution in [2.75, 3.05) is 13.2 Å². The van der Waals surface area contributed by atoms with Crippen molar-refractivity contribution in [1.82, 2.24) is 0 Å². The molecule has 1 heterocycles. The zero-order chi connectivity index (χ0) is 12.5. The average Bonchev–Trinajstić information content (AvgIpc) is 2.27. The van der Waals surface area contributed by atoms with Crippen LogP contribution in [0.15, 0.2) is 12.1 Å². The van der Waals surface area contributed by atoms with Gasteiger partial charge in [0.2, 0.25) is 0 Å². The number of nitriles is 1. The summed E-state index contributed by atoms with van der Waals surface area (Å²) in [5.41, 5.74) is 0.104. The Morgan fingerprint density at radius 1 is 1.29 bits per heavy atom. The Morgan fingerprint density at radius 2 is 1.88 bits per heavy atom. The van der Waals surface area contributed by atoms with Gasteiger partial charge in [0.15, 0.2) is 11.5 Å². The van der Waals surface area contributed by atoms with Gasteiger partial charge in [0.05, 0.1) is 12.5 Å². The van der Waals surface area contributed by atoms with E-state index in [1.807, 2.05) is 6.07 Å². The number of halogens is 2. The molecule has 3 nitrogen and oxygen atoms in total. The van der Waals surface area contributed by atoms with E-state index in [1.165, 1.54) is 12.1 Å². The fourth-order valence-corrected chi connectivity index (χ4v) is 1.77. The van der Waals surface area contributed by atoms with Crippen LogP contribution in [0.5, 0.6) is 11.5 Å². The fourth-order valence-electron chi connectivity index (χ4n) is 1.77. The number of alkyl halides is 2. The monoisotopic (exact) mass is 239 g/mol. The molecule has 0 saturated heterocycles. The maximum Gasteiger partial charge on any atom is 0.270 e. The standard InChI is InChI=1S/C12H11F2NO2/c1-12(13,14)9-7-11-10(16-4-5-17-11)6-8(9)2-3-15/h6-7H,2,4-5H2,1H3. The lowest BCUT2D eigenvalue weighted by Crippen LogP contribution is -2.18. The van der Waals surface area contributed by atoms with Crippen LogP contribution in [0.2, 0.25) is 0 Å². The zero-order valence-electron chi connectivity index (χ0n) is 9.30. The molecular formula is C12H11F2NO2. The first-order valence-electron chi connectivity index (χ1n) is 5.20. The normalized spacial score (nSPS) is 14.2. The van der Waals surface area contributed by atoms with Crippen molar-refractivity contribution in [3.8, 4) is 17.6 Å². The van der Waals surface area contributed by atoms with E-state index in [9.17, 15) is 8.78 Å². The van der Waals surface area contributed by atoms with Gasteiger partial charge in [-0.3, -0.25) is 0 Å². The molecule has 1 aromatic rings. The van der Waals surface area contributed by atoms with E-state index in [4.69, 9.17) is 14.7 Å². The molecule has 1 aromatic carbocycles. The van der Waals surface area contributed by atoms with Gasteiger partial charge < -0.3 is 9.47 Å². The summed E-state index contributed by atoms with van der Waals surface area (Å²) < 4.78 is 37.4.